The van der Waals surface area contributed by atoms with Crippen molar-refractivity contribution in [3.63, 3.8) is 0 Å². The van der Waals surface area contributed by atoms with Crippen molar-refractivity contribution in [2.75, 3.05) is 11.2 Å². The van der Waals surface area contributed by atoms with Crippen molar-refractivity contribution in [3.8, 4) is 0 Å². The van der Waals surface area contributed by atoms with Gasteiger partial charge in [-0.3, -0.25) is 14.5 Å². The summed E-state index contributed by atoms with van der Waals surface area (Å²) in [6.07, 6.45) is 2.43. The minimum Gasteiger partial charge on any atom is -0.350 e. The molecular weight excluding hydrogens is 428 g/mol. The van der Waals surface area contributed by atoms with Gasteiger partial charge in [0, 0.05) is 34.1 Å². The molecular formula is C25H23ClN2O2S. The van der Waals surface area contributed by atoms with Crippen LogP contribution in [0.5, 0.6) is 0 Å². The highest BCUT2D eigenvalue weighted by Crippen LogP contribution is 2.36. The summed E-state index contributed by atoms with van der Waals surface area (Å²) in [5, 5.41) is 3.68. The number of rotatable bonds is 5. The van der Waals surface area contributed by atoms with E-state index >= 15 is 0 Å². The molecule has 1 aliphatic heterocycles. The molecule has 1 unspecified atom stereocenters. The quantitative estimate of drug-likeness (QED) is 0.534. The van der Waals surface area contributed by atoms with Crippen molar-refractivity contribution in [3.05, 3.63) is 94.5 Å². The molecule has 0 bridgehead atoms. The van der Waals surface area contributed by atoms with Crippen LogP contribution in [0, 0.1) is 0 Å². The first-order chi connectivity index (χ1) is 14.9. The number of carbonyl (C=O) groups excluding carboxylic acids is 2. The van der Waals surface area contributed by atoms with Crippen LogP contribution in [0.1, 0.15) is 28.4 Å². The predicted molar refractivity (Wildman–Crippen MR) is 127 cm³/mol. The molecule has 1 aliphatic rings. The maximum absolute atomic E-state index is 13.6. The van der Waals surface area contributed by atoms with E-state index in [1.165, 1.54) is 0 Å². The van der Waals surface area contributed by atoms with Gasteiger partial charge in [-0.05, 0) is 60.7 Å². The molecule has 0 saturated heterocycles. The van der Waals surface area contributed by atoms with Crippen molar-refractivity contribution in [2.24, 2.45) is 0 Å². The summed E-state index contributed by atoms with van der Waals surface area (Å²) in [4.78, 5) is 29.8. The molecule has 1 N–H and O–H groups in total. The second kappa shape index (κ2) is 8.77. The van der Waals surface area contributed by atoms with Crippen molar-refractivity contribution >= 4 is 40.9 Å². The Bertz CT molecular complexity index is 1130. The molecule has 6 heteroatoms. The van der Waals surface area contributed by atoms with E-state index in [1.807, 2.05) is 73.8 Å². The Morgan fingerprint density at radius 2 is 1.84 bits per heavy atom. The lowest BCUT2D eigenvalue weighted by Crippen LogP contribution is -2.63. The lowest BCUT2D eigenvalue weighted by molar-refractivity contribution is -0.126. The number of benzene rings is 3. The minimum absolute atomic E-state index is 0.163. The van der Waals surface area contributed by atoms with Gasteiger partial charge < -0.3 is 5.32 Å². The fraction of sp³-hybridized carbons (Fsp3) is 0.200. The zero-order valence-corrected chi connectivity index (χ0v) is 19.0. The van der Waals surface area contributed by atoms with Crippen molar-refractivity contribution in [1.29, 1.82) is 0 Å². The van der Waals surface area contributed by atoms with Gasteiger partial charge >= 0.3 is 0 Å². The number of nitrogens with one attached hydrogen (secondary N) is 1. The third-order valence-corrected chi connectivity index (χ3v) is 6.62. The summed E-state index contributed by atoms with van der Waals surface area (Å²) in [5.74, 6) is -0.357. The number of anilines is 1. The van der Waals surface area contributed by atoms with Gasteiger partial charge in [0.1, 0.15) is 5.54 Å². The lowest BCUT2D eigenvalue weighted by atomic mass is 9.82. The summed E-state index contributed by atoms with van der Waals surface area (Å²) < 4.78 is 0. The Morgan fingerprint density at radius 1 is 1.10 bits per heavy atom. The van der Waals surface area contributed by atoms with Gasteiger partial charge in [0.2, 0.25) is 5.91 Å². The lowest BCUT2D eigenvalue weighted by Gasteiger charge is -2.44. The van der Waals surface area contributed by atoms with Gasteiger partial charge in [0.05, 0.1) is 0 Å². The Morgan fingerprint density at radius 3 is 2.58 bits per heavy atom. The number of fused-ring (bicyclic) bond motifs is 1. The van der Waals surface area contributed by atoms with E-state index in [0.717, 1.165) is 21.7 Å². The summed E-state index contributed by atoms with van der Waals surface area (Å²) in [6.45, 7) is 2.20. The van der Waals surface area contributed by atoms with Crippen molar-refractivity contribution < 1.29 is 9.59 Å². The smallest absolute Gasteiger partial charge is 0.259 e. The van der Waals surface area contributed by atoms with Gasteiger partial charge in [-0.1, -0.05) is 48.0 Å². The molecule has 3 aromatic carbocycles. The van der Waals surface area contributed by atoms with Gasteiger partial charge in [-0.25, -0.2) is 0 Å². The van der Waals surface area contributed by atoms with Gasteiger partial charge in [-0.2, -0.15) is 0 Å². The normalized spacial score (nSPS) is 17.9. The van der Waals surface area contributed by atoms with Crippen LogP contribution in [0.25, 0.3) is 0 Å². The van der Waals surface area contributed by atoms with E-state index in [-0.39, 0.29) is 11.8 Å². The zero-order valence-electron chi connectivity index (χ0n) is 17.4. The fourth-order valence-corrected chi connectivity index (χ4v) is 4.57. The molecule has 0 saturated carbocycles. The molecule has 1 atom stereocenters. The topological polar surface area (TPSA) is 49.4 Å². The number of hydrogen-bond acceptors (Lipinski definition) is 3. The summed E-state index contributed by atoms with van der Waals surface area (Å²) in [5.41, 5.74) is 2.12. The molecule has 0 aliphatic carbocycles. The maximum atomic E-state index is 13.6. The second-order valence-electron chi connectivity index (χ2n) is 7.76. The van der Waals surface area contributed by atoms with E-state index in [0.29, 0.717) is 23.6 Å². The average Bonchev–Trinajstić information content (AvgIpc) is 2.78. The zero-order chi connectivity index (χ0) is 22.0. The van der Waals surface area contributed by atoms with Crippen LogP contribution in [0.3, 0.4) is 0 Å². The van der Waals surface area contributed by atoms with Crippen molar-refractivity contribution in [1.82, 2.24) is 5.32 Å². The first kappa shape index (κ1) is 21.5. The third-order valence-electron chi connectivity index (χ3n) is 5.65. The van der Waals surface area contributed by atoms with Crippen LogP contribution in [0.2, 0.25) is 5.02 Å². The predicted octanol–water partition coefficient (Wildman–Crippen LogP) is 5.34. The number of amides is 2. The van der Waals surface area contributed by atoms with E-state index < -0.39 is 5.54 Å². The average molecular weight is 451 g/mol. The van der Waals surface area contributed by atoms with Crippen LogP contribution >= 0.6 is 23.4 Å². The summed E-state index contributed by atoms with van der Waals surface area (Å²) in [7, 11) is 0. The molecule has 0 fully saturated rings. The van der Waals surface area contributed by atoms with Crippen LogP contribution in [0.4, 0.5) is 5.69 Å². The van der Waals surface area contributed by atoms with Crippen LogP contribution in [-0.2, 0) is 17.8 Å². The maximum Gasteiger partial charge on any atom is 0.259 e. The number of thioether (sulfide) groups is 1. The van der Waals surface area contributed by atoms with Crippen LogP contribution < -0.4 is 10.2 Å². The highest BCUT2D eigenvalue weighted by Gasteiger charge is 2.47. The van der Waals surface area contributed by atoms with Gasteiger partial charge in [-0.15, -0.1) is 11.8 Å². The SMILES string of the molecule is CSc1cccc(N2C(=O)c3ccccc3CC2(C)C(=O)NCc2ccc(Cl)cc2)c1. The highest BCUT2D eigenvalue weighted by atomic mass is 35.5. The van der Waals surface area contributed by atoms with Crippen molar-refractivity contribution in [2.45, 2.75) is 30.3 Å². The van der Waals surface area contributed by atoms with E-state index in [4.69, 9.17) is 11.6 Å². The molecule has 0 aromatic heterocycles. The highest BCUT2D eigenvalue weighted by molar-refractivity contribution is 7.98. The summed E-state index contributed by atoms with van der Waals surface area (Å²) >= 11 is 7.56. The van der Waals surface area contributed by atoms with E-state index in [2.05, 4.69) is 5.32 Å². The van der Waals surface area contributed by atoms with Gasteiger partial charge in [0.25, 0.3) is 5.91 Å². The standard InChI is InChI=1S/C25H23ClN2O2S/c1-25(24(30)27-16-17-10-12-19(26)13-11-17)15-18-6-3-4-9-22(18)23(29)28(25)20-7-5-8-21(14-20)31-2/h3-14H,15-16H2,1-2H3,(H,27,30). The molecule has 31 heavy (non-hydrogen) atoms. The first-order valence-electron chi connectivity index (χ1n) is 10.0. The van der Waals surface area contributed by atoms with E-state index in [9.17, 15) is 9.59 Å². The number of nitrogens with zero attached hydrogens (tertiary/aromatic N) is 1. The molecule has 1 heterocycles. The Hall–Kier alpha value is -2.76. The molecule has 3 aromatic rings. The fourth-order valence-electron chi connectivity index (χ4n) is 3.99. The number of halogens is 1. The molecule has 0 radical (unpaired) electrons. The van der Waals surface area contributed by atoms with Gasteiger partial charge in [0.15, 0.2) is 0 Å². The van der Waals surface area contributed by atoms with Crippen LogP contribution in [0.15, 0.2) is 77.7 Å². The Labute approximate surface area is 191 Å². The molecule has 4 rings (SSSR count). The number of hydrogen-bond donors (Lipinski definition) is 1. The Balaban J connectivity index is 1.71. The molecule has 158 valence electrons. The van der Waals surface area contributed by atoms with E-state index in [1.54, 1.807) is 28.8 Å². The monoisotopic (exact) mass is 450 g/mol. The second-order valence-corrected chi connectivity index (χ2v) is 9.08. The summed E-state index contributed by atoms with van der Waals surface area (Å²) in [6, 6.07) is 22.6. The molecule has 4 nitrogen and oxygen atoms in total. The molecule has 0 spiro atoms. The third kappa shape index (κ3) is 4.21. The van der Waals surface area contributed by atoms with Crippen LogP contribution in [-0.4, -0.2) is 23.6 Å². The number of carbonyl (C=O) groups is 2. The first-order valence-corrected chi connectivity index (χ1v) is 11.6. The largest absolute Gasteiger partial charge is 0.350 e. The minimum atomic E-state index is -1.06. The Kier molecular flexibility index (Phi) is 6.08. The molecule has 2 amide bonds.